The molecule has 6 heteroatoms. The summed E-state index contributed by atoms with van der Waals surface area (Å²) in [5.74, 6) is 0. The van der Waals surface area contributed by atoms with Crippen molar-refractivity contribution < 1.29 is 9.53 Å². The van der Waals surface area contributed by atoms with Gasteiger partial charge in [-0.1, -0.05) is 23.2 Å². The molecule has 3 N–H and O–H groups in total. The number of amides is 1. The van der Waals surface area contributed by atoms with Crippen LogP contribution in [0, 0.1) is 0 Å². The standard InChI is InChI=1S/C14H20Cl2N2O2/c1-8(18-13(19)20-14(2,3)4)12(17)10-7-9(15)5-6-11(10)16/h5-8,12H,17H2,1-4H3,(H,18,19). The first kappa shape index (κ1) is 17.1. The predicted molar refractivity (Wildman–Crippen MR) is 82.2 cm³/mol. The van der Waals surface area contributed by atoms with Crippen molar-refractivity contribution in [2.75, 3.05) is 0 Å². The third-order valence-corrected chi connectivity index (χ3v) is 3.18. The molecule has 112 valence electrons. The van der Waals surface area contributed by atoms with Crippen molar-refractivity contribution in [1.82, 2.24) is 5.32 Å². The maximum absolute atomic E-state index is 11.7. The summed E-state index contributed by atoms with van der Waals surface area (Å²) in [7, 11) is 0. The first-order chi connectivity index (χ1) is 9.10. The summed E-state index contributed by atoms with van der Waals surface area (Å²) in [5.41, 5.74) is 6.24. The van der Waals surface area contributed by atoms with Gasteiger partial charge < -0.3 is 15.8 Å². The summed E-state index contributed by atoms with van der Waals surface area (Å²) in [5, 5.41) is 3.75. The highest BCUT2D eigenvalue weighted by molar-refractivity contribution is 6.33. The molecule has 0 saturated heterocycles. The first-order valence-electron chi connectivity index (χ1n) is 6.30. The molecule has 0 aliphatic heterocycles. The molecule has 20 heavy (non-hydrogen) atoms. The maximum atomic E-state index is 11.7. The SMILES string of the molecule is CC(NC(=O)OC(C)(C)C)C(N)c1cc(Cl)ccc1Cl. The number of alkyl carbamates (subject to hydrolysis) is 1. The van der Waals surface area contributed by atoms with Crippen molar-refractivity contribution >= 4 is 29.3 Å². The van der Waals surface area contributed by atoms with E-state index in [1.54, 1.807) is 45.9 Å². The first-order valence-corrected chi connectivity index (χ1v) is 7.06. The lowest BCUT2D eigenvalue weighted by Crippen LogP contribution is -2.43. The highest BCUT2D eigenvalue weighted by Crippen LogP contribution is 2.27. The van der Waals surface area contributed by atoms with Crippen molar-refractivity contribution in [3.05, 3.63) is 33.8 Å². The second-order valence-corrected chi connectivity index (χ2v) is 6.47. The van der Waals surface area contributed by atoms with E-state index in [4.69, 9.17) is 33.7 Å². The van der Waals surface area contributed by atoms with Crippen LogP contribution in [0.15, 0.2) is 18.2 Å². The van der Waals surface area contributed by atoms with E-state index in [0.29, 0.717) is 15.6 Å². The summed E-state index contributed by atoms with van der Waals surface area (Å²) in [6, 6.07) is 4.24. The quantitative estimate of drug-likeness (QED) is 0.888. The molecule has 1 aromatic rings. The highest BCUT2D eigenvalue weighted by atomic mass is 35.5. The van der Waals surface area contributed by atoms with Gasteiger partial charge in [0, 0.05) is 16.1 Å². The number of carbonyl (C=O) groups excluding carboxylic acids is 1. The molecule has 1 aromatic carbocycles. The Hall–Kier alpha value is -0.970. The lowest BCUT2D eigenvalue weighted by molar-refractivity contribution is 0.0501. The van der Waals surface area contributed by atoms with Gasteiger partial charge >= 0.3 is 6.09 Å². The average molecular weight is 319 g/mol. The maximum Gasteiger partial charge on any atom is 0.407 e. The molecule has 0 aliphatic rings. The van der Waals surface area contributed by atoms with Crippen LogP contribution in [0.25, 0.3) is 0 Å². The minimum Gasteiger partial charge on any atom is -0.444 e. The van der Waals surface area contributed by atoms with Crippen LogP contribution in [0.5, 0.6) is 0 Å². The second-order valence-electron chi connectivity index (χ2n) is 5.63. The Labute approximate surface area is 129 Å². The van der Waals surface area contributed by atoms with E-state index in [1.807, 2.05) is 0 Å². The predicted octanol–water partition coefficient (Wildman–Crippen LogP) is 3.91. The molecule has 1 amide bonds. The van der Waals surface area contributed by atoms with Gasteiger partial charge in [-0.25, -0.2) is 4.79 Å². The summed E-state index contributed by atoms with van der Waals surface area (Å²) in [4.78, 5) is 11.7. The third-order valence-electron chi connectivity index (χ3n) is 2.60. The van der Waals surface area contributed by atoms with Gasteiger partial charge in [0.1, 0.15) is 5.60 Å². The van der Waals surface area contributed by atoms with E-state index in [0.717, 1.165) is 0 Å². The molecule has 0 bridgehead atoms. The smallest absolute Gasteiger partial charge is 0.407 e. The largest absolute Gasteiger partial charge is 0.444 e. The zero-order valence-electron chi connectivity index (χ0n) is 12.0. The molecule has 0 radical (unpaired) electrons. The third kappa shape index (κ3) is 5.19. The number of hydrogen-bond donors (Lipinski definition) is 2. The fourth-order valence-corrected chi connectivity index (χ4v) is 2.05. The summed E-state index contributed by atoms with van der Waals surface area (Å²) in [6.45, 7) is 7.17. The van der Waals surface area contributed by atoms with E-state index in [9.17, 15) is 4.79 Å². The van der Waals surface area contributed by atoms with Gasteiger partial charge in [-0.2, -0.15) is 0 Å². The number of nitrogens with two attached hydrogens (primary N) is 1. The van der Waals surface area contributed by atoms with Gasteiger partial charge in [-0.3, -0.25) is 0 Å². The number of halogens is 2. The number of hydrogen-bond acceptors (Lipinski definition) is 3. The lowest BCUT2D eigenvalue weighted by atomic mass is 10.0. The Morgan fingerprint density at radius 3 is 2.50 bits per heavy atom. The van der Waals surface area contributed by atoms with Crippen molar-refractivity contribution in [2.45, 2.75) is 45.4 Å². The average Bonchev–Trinajstić information content (AvgIpc) is 2.28. The zero-order valence-corrected chi connectivity index (χ0v) is 13.5. The monoisotopic (exact) mass is 318 g/mol. The Morgan fingerprint density at radius 2 is 1.95 bits per heavy atom. The molecule has 2 unspecified atom stereocenters. The van der Waals surface area contributed by atoms with Gasteiger partial charge in [-0.15, -0.1) is 0 Å². The highest BCUT2D eigenvalue weighted by Gasteiger charge is 2.22. The molecule has 2 atom stereocenters. The molecule has 1 rings (SSSR count). The van der Waals surface area contributed by atoms with Crippen molar-refractivity contribution in [1.29, 1.82) is 0 Å². The molecular formula is C14H20Cl2N2O2. The lowest BCUT2D eigenvalue weighted by Gasteiger charge is -2.25. The van der Waals surface area contributed by atoms with Gasteiger partial charge in [-0.05, 0) is 51.5 Å². The molecule has 0 spiro atoms. The van der Waals surface area contributed by atoms with E-state index >= 15 is 0 Å². The van der Waals surface area contributed by atoms with Crippen molar-refractivity contribution in [3.63, 3.8) is 0 Å². The van der Waals surface area contributed by atoms with E-state index < -0.39 is 17.7 Å². The van der Waals surface area contributed by atoms with Crippen LogP contribution in [0.1, 0.15) is 39.3 Å². The minimum atomic E-state index is -0.554. The van der Waals surface area contributed by atoms with Crippen LogP contribution in [0.3, 0.4) is 0 Å². The summed E-state index contributed by atoms with van der Waals surface area (Å²) in [6.07, 6.45) is -0.515. The Kier molecular flexibility index (Phi) is 5.68. The normalized spacial score (nSPS) is 14.6. The molecule has 0 aliphatic carbocycles. The fourth-order valence-electron chi connectivity index (χ4n) is 1.62. The van der Waals surface area contributed by atoms with Crippen molar-refractivity contribution in [2.24, 2.45) is 5.73 Å². The van der Waals surface area contributed by atoms with Crippen LogP contribution in [-0.2, 0) is 4.74 Å². The molecule has 0 aromatic heterocycles. The summed E-state index contributed by atoms with van der Waals surface area (Å²) >= 11 is 12.0. The van der Waals surface area contributed by atoms with Gasteiger partial charge in [0.15, 0.2) is 0 Å². The number of carbonyl (C=O) groups is 1. The van der Waals surface area contributed by atoms with E-state index in [1.165, 1.54) is 0 Å². The number of rotatable bonds is 3. The van der Waals surface area contributed by atoms with Gasteiger partial charge in [0.25, 0.3) is 0 Å². The number of nitrogens with one attached hydrogen (secondary N) is 1. The van der Waals surface area contributed by atoms with Gasteiger partial charge in [0.05, 0.1) is 6.04 Å². The van der Waals surface area contributed by atoms with Crippen molar-refractivity contribution in [3.8, 4) is 0 Å². The minimum absolute atomic E-state index is 0.346. The van der Waals surface area contributed by atoms with E-state index in [-0.39, 0.29) is 6.04 Å². The topological polar surface area (TPSA) is 64.3 Å². The fraction of sp³-hybridized carbons (Fsp3) is 0.500. The Morgan fingerprint density at radius 1 is 1.35 bits per heavy atom. The number of ether oxygens (including phenoxy) is 1. The van der Waals surface area contributed by atoms with Crippen LogP contribution in [0.4, 0.5) is 4.79 Å². The van der Waals surface area contributed by atoms with Gasteiger partial charge in [0.2, 0.25) is 0 Å². The van der Waals surface area contributed by atoms with E-state index in [2.05, 4.69) is 5.32 Å². The molecule has 0 fully saturated rings. The molecule has 4 nitrogen and oxygen atoms in total. The van der Waals surface area contributed by atoms with Crippen LogP contribution < -0.4 is 11.1 Å². The van der Waals surface area contributed by atoms with Crippen LogP contribution >= 0.6 is 23.2 Å². The Balaban J connectivity index is 2.74. The second kappa shape index (κ2) is 6.66. The summed E-state index contributed by atoms with van der Waals surface area (Å²) < 4.78 is 5.18. The molecule has 0 heterocycles. The zero-order chi connectivity index (χ0) is 15.5. The Bertz CT molecular complexity index is 487. The molecule has 0 saturated carbocycles. The number of benzene rings is 1. The molecular weight excluding hydrogens is 299 g/mol. The van der Waals surface area contributed by atoms with Crippen LogP contribution in [-0.4, -0.2) is 17.7 Å². The van der Waals surface area contributed by atoms with Crippen LogP contribution in [0.2, 0.25) is 10.0 Å².